The van der Waals surface area contributed by atoms with E-state index in [-0.39, 0.29) is 6.61 Å². The van der Waals surface area contributed by atoms with Gasteiger partial charge >= 0.3 is 0 Å². The lowest BCUT2D eigenvalue weighted by molar-refractivity contribution is 0.162. The summed E-state index contributed by atoms with van der Waals surface area (Å²) >= 11 is 0. The van der Waals surface area contributed by atoms with Crippen LogP contribution in [0.1, 0.15) is 18.4 Å². The van der Waals surface area contributed by atoms with Gasteiger partial charge in [-0.05, 0) is 31.0 Å². The predicted octanol–water partition coefficient (Wildman–Crippen LogP) is 1.39. The topological polar surface area (TPSA) is 56.5 Å². The van der Waals surface area contributed by atoms with Crippen LogP contribution < -0.4 is 4.74 Å². The molecule has 96 valence electrons. The first-order chi connectivity index (χ1) is 8.83. The van der Waals surface area contributed by atoms with Crippen LogP contribution in [0.3, 0.4) is 0 Å². The molecular weight excluding hydrogens is 228 g/mol. The van der Waals surface area contributed by atoms with Gasteiger partial charge in [0, 0.05) is 19.1 Å². The largest absolute Gasteiger partial charge is 0.492 e. The molecular formula is C14H18N2O2. The molecule has 0 atom stereocenters. The maximum atomic E-state index is 8.98. The van der Waals surface area contributed by atoms with E-state index in [0.717, 1.165) is 12.3 Å². The Kier molecular flexibility index (Phi) is 4.57. The highest BCUT2D eigenvalue weighted by Crippen LogP contribution is 2.26. The van der Waals surface area contributed by atoms with Crippen molar-refractivity contribution in [3.05, 3.63) is 29.8 Å². The van der Waals surface area contributed by atoms with Gasteiger partial charge in [0.05, 0.1) is 18.2 Å². The van der Waals surface area contributed by atoms with Crippen molar-refractivity contribution in [3.63, 3.8) is 0 Å². The minimum atomic E-state index is 0.195. The van der Waals surface area contributed by atoms with Crippen molar-refractivity contribution in [2.75, 3.05) is 26.3 Å². The van der Waals surface area contributed by atoms with Gasteiger partial charge in [-0.25, -0.2) is 0 Å². The third-order valence-electron chi connectivity index (χ3n) is 3.06. The quantitative estimate of drug-likeness (QED) is 0.790. The number of hydrogen-bond acceptors (Lipinski definition) is 4. The molecule has 0 aliphatic heterocycles. The van der Waals surface area contributed by atoms with Crippen LogP contribution in [-0.2, 0) is 0 Å². The molecule has 1 saturated carbocycles. The summed E-state index contributed by atoms with van der Waals surface area (Å²) in [4.78, 5) is 2.26. The normalized spacial score (nSPS) is 14.5. The Labute approximate surface area is 107 Å². The first kappa shape index (κ1) is 12.9. The van der Waals surface area contributed by atoms with E-state index >= 15 is 0 Å². The molecule has 2 rings (SSSR count). The van der Waals surface area contributed by atoms with Gasteiger partial charge in [-0.3, -0.25) is 4.90 Å². The summed E-state index contributed by atoms with van der Waals surface area (Å²) in [6.45, 7) is 2.32. The van der Waals surface area contributed by atoms with Gasteiger partial charge in [-0.1, -0.05) is 6.07 Å². The second-order valence-electron chi connectivity index (χ2n) is 4.48. The molecule has 1 N–H and O–H groups in total. The van der Waals surface area contributed by atoms with Gasteiger partial charge in [-0.2, -0.15) is 5.26 Å². The van der Waals surface area contributed by atoms with Gasteiger partial charge in [0.25, 0.3) is 0 Å². The van der Waals surface area contributed by atoms with Gasteiger partial charge in [0.15, 0.2) is 0 Å². The van der Waals surface area contributed by atoms with E-state index in [9.17, 15) is 0 Å². The minimum absolute atomic E-state index is 0.195. The van der Waals surface area contributed by atoms with Crippen molar-refractivity contribution in [1.29, 1.82) is 5.26 Å². The molecule has 0 spiro atoms. The van der Waals surface area contributed by atoms with Crippen LogP contribution in [0, 0.1) is 11.3 Å². The number of aliphatic hydroxyl groups excluding tert-OH is 1. The van der Waals surface area contributed by atoms with Crippen LogP contribution in [0.4, 0.5) is 0 Å². The molecule has 1 fully saturated rings. The van der Waals surface area contributed by atoms with Crippen molar-refractivity contribution in [3.8, 4) is 11.8 Å². The number of ether oxygens (including phenoxy) is 1. The molecule has 0 bridgehead atoms. The fourth-order valence-electron chi connectivity index (χ4n) is 1.98. The zero-order valence-electron chi connectivity index (χ0n) is 10.4. The maximum absolute atomic E-state index is 8.98. The van der Waals surface area contributed by atoms with Crippen molar-refractivity contribution in [2.24, 2.45) is 0 Å². The van der Waals surface area contributed by atoms with Gasteiger partial charge < -0.3 is 9.84 Å². The summed E-state index contributed by atoms with van der Waals surface area (Å²) in [7, 11) is 0. The molecule has 0 amide bonds. The van der Waals surface area contributed by atoms with Crippen LogP contribution in [0.15, 0.2) is 24.3 Å². The Morgan fingerprint density at radius 2 is 2.22 bits per heavy atom. The number of aliphatic hydroxyl groups is 1. The SMILES string of the molecule is N#Cc1cccc(OCCN(CCO)C2CC2)c1. The third kappa shape index (κ3) is 3.73. The zero-order valence-corrected chi connectivity index (χ0v) is 10.4. The van der Waals surface area contributed by atoms with Crippen LogP contribution in [-0.4, -0.2) is 42.4 Å². The highest BCUT2D eigenvalue weighted by Gasteiger charge is 2.28. The van der Waals surface area contributed by atoms with E-state index < -0.39 is 0 Å². The minimum Gasteiger partial charge on any atom is -0.492 e. The highest BCUT2D eigenvalue weighted by atomic mass is 16.5. The van der Waals surface area contributed by atoms with Crippen LogP contribution >= 0.6 is 0 Å². The second kappa shape index (κ2) is 6.39. The Hall–Kier alpha value is -1.57. The standard InChI is InChI=1S/C14H18N2O2/c15-11-12-2-1-3-14(10-12)18-9-7-16(6-8-17)13-4-5-13/h1-3,10,13,17H,4-9H2. The lowest BCUT2D eigenvalue weighted by Crippen LogP contribution is -2.33. The average molecular weight is 246 g/mol. The van der Waals surface area contributed by atoms with Crippen molar-refractivity contribution >= 4 is 0 Å². The fourth-order valence-corrected chi connectivity index (χ4v) is 1.98. The summed E-state index contributed by atoms with van der Waals surface area (Å²) in [5.41, 5.74) is 0.613. The lowest BCUT2D eigenvalue weighted by Gasteiger charge is -2.20. The summed E-state index contributed by atoms with van der Waals surface area (Å²) in [6, 6.07) is 9.90. The van der Waals surface area contributed by atoms with E-state index in [1.165, 1.54) is 12.8 Å². The molecule has 4 heteroatoms. The number of hydrogen-bond donors (Lipinski definition) is 1. The Balaban J connectivity index is 1.78. The zero-order chi connectivity index (χ0) is 12.8. The molecule has 18 heavy (non-hydrogen) atoms. The smallest absolute Gasteiger partial charge is 0.120 e. The highest BCUT2D eigenvalue weighted by molar-refractivity contribution is 5.36. The van der Waals surface area contributed by atoms with E-state index in [0.29, 0.717) is 24.8 Å². The predicted molar refractivity (Wildman–Crippen MR) is 68.3 cm³/mol. The Morgan fingerprint density at radius 1 is 1.39 bits per heavy atom. The molecule has 1 aromatic rings. The average Bonchev–Trinajstić information content (AvgIpc) is 3.22. The molecule has 0 heterocycles. The number of benzene rings is 1. The van der Waals surface area contributed by atoms with E-state index in [1.54, 1.807) is 12.1 Å². The van der Waals surface area contributed by atoms with Gasteiger partial charge in [0.2, 0.25) is 0 Å². The third-order valence-corrected chi connectivity index (χ3v) is 3.06. The molecule has 4 nitrogen and oxygen atoms in total. The van der Waals surface area contributed by atoms with E-state index in [1.807, 2.05) is 12.1 Å². The number of rotatable bonds is 7. The van der Waals surface area contributed by atoms with Crippen LogP contribution in [0.25, 0.3) is 0 Å². The van der Waals surface area contributed by atoms with E-state index in [4.69, 9.17) is 15.1 Å². The molecule has 0 aromatic heterocycles. The number of nitriles is 1. The molecule has 1 aromatic carbocycles. The summed E-state index contributed by atoms with van der Waals surface area (Å²) in [5.74, 6) is 0.730. The van der Waals surface area contributed by atoms with Crippen molar-refractivity contribution in [2.45, 2.75) is 18.9 Å². The second-order valence-corrected chi connectivity index (χ2v) is 4.48. The molecule has 0 unspecified atom stereocenters. The summed E-state index contributed by atoms with van der Waals surface area (Å²) in [5, 5.41) is 17.8. The first-order valence-corrected chi connectivity index (χ1v) is 6.31. The molecule has 0 saturated heterocycles. The molecule has 1 aliphatic rings. The molecule has 1 aliphatic carbocycles. The Morgan fingerprint density at radius 3 is 2.89 bits per heavy atom. The Bertz CT molecular complexity index is 424. The summed E-state index contributed by atoms with van der Waals surface area (Å²) in [6.07, 6.45) is 2.45. The van der Waals surface area contributed by atoms with Crippen LogP contribution in [0.2, 0.25) is 0 Å². The monoisotopic (exact) mass is 246 g/mol. The maximum Gasteiger partial charge on any atom is 0.120 e. The van der Waals surface area contributed by atoms with Crippen molar-refractivity contribution in [1.82, 2.24) is 4.90 Å². The van der Waals surface area contributed by atoms with Crippen molar-refractivity contribution < 1.29 is 9.84 Å². The van der Waals surface area contributed by atoms with Crippen LogP contribution in [0.5, 0.6) is 5.75 Å². The first-order valence-electron chi connectivity index (χ1n) is 6.31. The lowest BCUT2D eigenvalue weighted by atomic mass is 10.2. The van der Waals surface area contributed by atoms with Gasteiger partial charge in [-0.15, -0.1) is 0 Å². The van der Waals surface area contributed by atoms with E-state index in [2.05, 4.69) is 11.0 Å². The summed E-state index contributed by atoms with van der Waals surface area (Å²) < 4.78 is 5.63. The fraction of sp³-hybridized carbons (Fsp3) is 0.500. The molecule has 0 radical (unpaired) electrons. The number of nitrogens with zero attached hydrogens (tertiary/aromatic N) is 2. The van der Waals surface area contributed by atoms with Gasteiger partial charge in [0.1, 0.15) is 12.4 Å².